The smallest absolute Gasteiger partial charge is 0.240 e. The first-order valence-corrected chi connectivity index (χ1v) is 6.89. The molecule has 0 unspecified atom stereocenters. The molecule has 1 spiro atoms. The summed E-state index contributed by atoms with van der Waals surface area (Å²) in [5, 5.41) is 6.99. The van der Waals surface area contributed by atoms with Crippen molar-refractivity contribution in [2.24, 2.45) is 0 Å². The molecule has 1 saturated heterocycles. The van der Waals surface area contributed by atoms with Crippen molar-refractivity contribution in [2.45, 2.75) is 75.4 Å². The number of amides is 1. The largest absolute Gasteiger partial charge is 0.350 e. The molecule has 2 atom stereocenters. The molecule has 3 aliphatic rings. The molecule has 1 aliphatic heterocycles. The van der Waals surface area contributed by atoms with E-state index in [1.807, 2.05) is 0 Å². The molecule has 0 aromatic carbocycles. The zero-order valence-electron chi connectivity index (χ0n) is 9.93. The molecule has 0 bridgehead atoms. The van der Waals surface area contributed by atoms with Crippen molar-refractivity contribution in [1.29, 1.82) is 0 Å². The topological polar surface area (TPSA) is 41.1 Å². The Morgan fingerprint density at radius 2 is 1.62 bits per heavy atom. The van der Waals surface area contributed by atoms with E-state index in [-0.39, 0.29) is 11.4 Å². The number of carbonyl (C=O) groups is 1. The van der Waals surface area contributed by atoms with Crippen LogP contribution in [-0.4, -0.2) is 23.5 Å². The number of rotatable bonds is 0. The second-order valence-electron chi connectivity index (χ2n) is 5.76. The molecule has 0 aromatic heterocycles. The average molecular weight is 222 g/mol. The van der Waals surface area contributed by atoms with Crippen LogP contribution >= 0.6 is 0 Å². The predicted octanol–water partition coefficient (Wildman–Crippen LogP) is 1.72. The first kappa shape index (κ1) is 10.6. The van der Waals surface area contributed by atoms with Crippen LogP contribution in [0.2, 0.25) is 0 Å². The van der Waals surface area contributed by atoms with Gasteiger partial charge in [0.15, 0.2) is 0 Å². The third-order valence-electron chi connectivity index (χ3n) is 4.69. The minimum Gasteiger partial charge on any atom is -0.350 e. The average Bonchev–Trinajstić information content (AvgIpc) is 2.32. The van der Waals surface area contributed by atoms with E-state index in [1.165, 1.54) is 44.9 Å². The maximum Gasteiger partial charge on any atom is 0.240 e. The van der Waals surface area contributed by atoms with E-state index in [4.69, 9.17) is 0 Å². The fourth-order valence-electron chi connectivity index (χ4n) is 3.73. The first-order valence-electron chi connectivity index (χ1n) is 6.89. The van der Waals surface area contributed by atoms with E-state index < -0.39 is 0 Å². The van der Waals surface area contributed by atoms with Crippen LogP contribution in [0.4, 0.5) is 0 Å². The van der Waals surface area contributed by atoms with Gasteiger partial charge in [-0.1, -0.05) is 32.1 Å². The zero-order chi connectivity index (χ0) is 11.0. The highest BCUT2D eigenvalue weighted by Crippen LogP contribution is 2.34. The van der Waals surface area contributed by atoms with Crippen LogP contribution in [-0.2, 0) is 4.79 Å². The van der Waals surface area contributed by atoms with E-state index in [1.54, 1.807) is 0 Å². The molecule has 2 saturated carbocycles. The van der Waals surface area contributed by atoms with Crippen LogP contribution in [0.5, 0.6) is 0 Å². The second kappa shape index (κ2) is 4.02. The normalized spacial score (nSPS) is 37.9. The number of piperazine rings is 1. The molecule has 3 rings (SSSR count). The lowest BCUT2D eigenvalue weighted by molar-refractivity contribution is -0.134. The molecule has 16 heavy (non-hydrogen) atoms. The van der Waals surface area contributed by atoms with E-state index >= 15 is 0 Å². The van der Waals surface area contributed by atoms with Gasteiger partial charge in [0.2, 0.25) is 5.91 Å². The Hall–Kier alpha value is -0.570. The lowest BCUT2D eigenvalue weighted by Crippen LogP contribution is -2.71. The van der Waals surface area contributed by atoms with Crippen molar-refractivity contribution < 1.29 is 4.79 Å². The molecule has 3 nitrogen and oxygen atoms in total. The van der Waals surface area contributed by atoms with Gasteiger partial charge in [0.1, 0.15) is 0 Å². The van der Waals surface area contributed by atoms with E-state index in [0.29, 0.717) is 12.1 Å². The minimum atomic E-state index is -0.198. The molecule has 2 N–H and O–H groups in total. The molecule has 1 amide bonds. The van der Waals surface area contributed by atoms with Gasteiger partial charge in [-0.25, -0.2) is 0 Å². The molecule has 0 radical (unpaired) electrons. The van der Waals surface area contributed by atoms with Crippen LogP contribution in [0, 0.1) is 0 Å². The third kappa shape index (κ3) is 1.65. The Morgan fingerprint density at radius 3 is 2.38 bits per heavy atom. The first-order chi connectivity index (χ1) is 7.80. The lowest BCUT2D eigenvalue weighted by Gasteiger charge is -2.48. The van der Waals surface area contributed by atoms with Crippen molar-refractivity contribution >= 4 is 5.91 Å². The zero-order valence-corrected chi connectivity index (χ0v) is 9.93. The maximum atomic E-state index is 12.3. The molecule has 3 heteroatoms. The molecular weight excluding hydrogens is 200 g/mol. The Balaban J connectivity index is 1.77. The fourth-order valence-corrected chi connectivity index (χ4v) is 3.73. The summed E-state index contributed by atoms with van der Waals surface area (Å²) in [7, 11) is 0. The lowest BCUT2D eigenvalue weighted by atomic mass is 9.76. The van der Waals surface area contributed by atoms with Crippen molar-refractivity contribution in [2.75, 3.05) is 0 Å². The van der Waals surface area contributed by atoms with E-state index in [2.05, 4.69) is 10.6 Å². The van der Waals surface area contributed by atoms with Crippen LogP contribution in [0.15, 0.2) is 0 Å². The highest BCUT2D eigenvalue weighted by Gasteiger charge is 2.47. The summed E-state index contributed by atoms with van der Waals surface area (Å²) in [6.45, 7) is 0. The van der Waals surface area contributed by atoms with E-state index in [9.17, 15) is 4.79 Å². The monoisotopic (exact) mass is 222 g/mol. The van der Waals surface area contributed by atoms with Crippen LogP contribution < -0.4 is 10.6 Å². The van der Waals surface area contributed by atoms with Crippen LogP contribution in [0.1, 0.15) is 57.8 Å². The predicted molar refractivity (Wildman–Crippen MR) is 63.1 cm³/mol. The Morgan fingerprint density at radius 1 is 0.938 bits per heavy atom. The van der Waals surface area contributed by atoms with Crippen molar-refractivity contribution in [1.82, 2.24) is 10.6 Å². The van der Waals surface area contributed by atoms with Gasteiger partial charge in [-0.3, -0.25) is 10.1 Å². The molecule has 90 valence electrons. The van der Waals surface area contributed by atoms with Gasteiger partial charge in [0, 0.05) is 12.1 Å². The number of fused-ring (bicyclic) bond motifs is 1. The molecule has 2 aliphatic carbocycles. The maximum absolute atomic E-state index is 12.3. The number of hydrogen-bond donors (Lipinski definition) is 2. The quantitative estimate of drug-likeness (QED) is 0.655. The minimum absolute atomic E-state index is 0.198. The number of hydrogen-bond acceptors (Lipinski definition) is 2. The van der Waals surface area contributed by atoms with Crippen molar-refractivity contribution in [3.05, 3.63) is 0 Å². The Bertz CT molecular complexity index is 284. The van der Waals surface area contributed by atoms with Gasteiger partial charge in [-0.05, 0) is 25.7 Å². The Labute approximate surface area is 97.4 Å². The van der Waals surface area contributed by atoms with Crippen LogP contribution in [0.25, 0.3) is 0 Å². The van der Waals surface area contributed by atoms with Gasteiger partial charge in [-0.2, -0.15) is 0 Å². The summed E-state index contributed by atoms with van der Waals surface area (Å²) in [5.74, 6) is 0.287. The second-order valence-corrected chi connectivity index (χ2v) is 5.76. The SMILES string of the molecule is O=C1N[C@@H]2CCCC[C@@H]2NC12CCCCC2. The fraction of sp³-hybridized carbons (Fsp3) is 0.923. The summed E-state index contributed by atoms with van der Waals surface area (Å²) in [5.41, 5.74) is -0.198. The summed E-state index contributed by atoms with van der Waals surface area (Å²) in [6, 6.07) is 0.957. The van der Waals surface area contributed by atoms with Gasteiger partial charge in [0.25, 0.3) is 0 Å². The van der Waals surface area contributed by atoms with Gasteiger partial charge >= 0.3 is 0 Å². The van der Waals surface area contributed by atoms with E-state index in [0.717, 1.165) is 12.8 Å². The third-order valence-corrected chi connectivity index (χ3v) is 4.69. The molecular formula is C13H22N2O. The number of nitrogens with one attached hydrogen (secondary N) is 2. The van der Waals surface area contributed by atoms with Crippen LogP contribution in [0.3, 0.4) is 0 Å². The summed E-state index contributed by atoms with van der Waals surface area (Å²) < 4.78 is 0. The van der Waals surface area contributed by atoms with Gasteiger partial charge in [0.05, 0.1) is 5.54 Å². The van der Waals surface area contributed by atoms with Gasteiger partial charge < -0.3 is 5.32 Å². The van der Waals surface area contributed by atoms with Crippen molar-refractivity contribution in [3.8, 4) is 0 Å². The summed E-state index contributed by atoms with van der Waals surface area (Å²) in [6.07, 6.45) is 10.8. The highest BCUT2D eigenvalue weighted by atomic mass is 16.2. The molecule has 1 heterocycles. The summed E-state index contributed by atoms with van der Waals surface area (Å²) >= 11 is 0. The molecule has 3 fully saturated rings. The number of carbonyl (C=O) groups excluding carboxylic acids is 1. The van der Waals surface area contributed by atoms with Gasteiger partial charge in [-0.15, -0.1) is 0 Å². The molecule has 0 aromatic rings. The highest BCUT2D eigenvalue weighted by molar-refractivity contribution is 5.87. The Kier molecular flexibility index (Phi) is 2.66. The summed E-state index contributed by atoms with van der Waals surface area (Å²) in [4.78, 5) is 12.3. The van der Waals surface area contributed by atoms with Crippen molar-refractivity contribution in [3.63, 3.8) is 0 Å². The standard InChI is InChI=1S/C13H22N2O/c16-12-13(8-4-1-5-9-13)15-11-7-3-2-6-10(11)14-12/h10-11,15H,1-9H2,(H,14,16)/t10-,11+/m1/s1.